The molecule has 5 nitrogen and oxygen atoms in total. The molecule has 1 atom stereocenters. The van der Waals surface area contributed by atoms with Crippen LogP contribution in [0.25, 0.3) is 0 Å². The van der Waals surface area contributed by atoms with E-state index in [-0.39, 0.29) is 17.9 Å². The number of nitrogens with zero attached hydrogens (tertiary/aromatic N) is 2. The van der Waals surface area contributed by atoms with Gasteiger partial charge in [0, 0.05) is 33.3 Å². The molecular formula is C15H22FN3O2. The summed E-state index contributed by atoms with van der Waals surface area (Å²) in [4.78, 5) is 16.1. The van der Waals surface area contributed by atoms with E-state index in [1.807, 2.05) is 7.05 Å². The minimum absolute atomic E-state index is 0.0766. The molecule has 0 aromatic heterocycles. The molecule has 116 valence electrons. The van der Waals surface area contributed by atoms with Gasteiger partial charge in [-0.1, -0.05) is 12.1 Å². The molecule has 1 heterocycles. The predicted molar refractivity (Wildman–Crippen MR) is 78.6 cm³/mol. The number of methoxy groups -OCH3 is 1. The summed E-state index contributed by atoms with van der Waals surface area (Å²) in [7, 11) is 3.63. The summed E-state index contributed by atoms with van der Waals surface area (Å²) in [5, 5.41) is 2.83. The highest BCUT2D eigenvalue weighted by Crippen LogP contribution is 2.24. The number of halogens is 1. The van der Waals surface area contributed by atoms with Crippen LogP contribution >= 0.6 is 0 Å². The summed E-state index contributed by atoms with van der Waals surface area (Å²) in [5.41, 5.74) is 1.02. The molecule has 1 aromatic rings. The molecule has 6 heteroatoms. The van der Waals surface area contributed by atoms with Gasteiger partial charge >= 0.3 is 6.03 Å². The first-order valence-corrected chi connectivity index (χ1v) is 7.09. The molecule has 21 heavy (non-hydrogen) atoms. The van der Waals surface area contributed by atoms with Gasteiger partial charge in [-0.25, -0.2) is 9.18 Å². The van der Waals surface area contributed by atoms with E-state index in [9.17, 15) is 9.18 Å². The number of urea groups is 1. The Kier molecular flexibility index (Phi) is 5.52. The van der Waals surface area contributed by atoms with Crippen molar-refractivity contribution < 1.29 is 13.9 Å². The van der Waals surface area contributed by atoms with Crippen molar-refractivity contribution in [3.8, 4) is 0 Å². The fourth-order valence-electron chi connectivity index (χ4n) is 2.47. The molecule has 1 unspecified atom stereocenters. The lowest BCUT2D eigenvalue weighted by Gasteiger charge is -2.39. The second-order valence-corrected chi connectivity index (χ2v) is 5.22. The summed E-state index contributed by atoms with van der Waals surface area (Å²) in [6.07, 6.45) is 0. The van der Waals surface area contributed by atoms with Crippen LogP contribution in [0.5, 0.6) is 0 Å². The summed E-state index contributed by atoms with van der Waals surface area (Å²) in [6.45, 7) is 3.08. The molecule has 1 aliphatic heterocycles. The Morgan fingerprint density at radius 3 is 2.76 bits per heavy atom. The molecule has 1 aliphatic rings. The summed E-state index contributed by atoms with van der Waals surface area (Å²) < 4.78 is 18.0. The van der Waals surface area contributed by atoms with Gasteiger partial charge in [0.25, 0.3) is 0 Å². The zero-order chi connectivity index (χ0) is 15.2. The topological polar surface area (TPSA) is 44.8 Å². The van der Waals surface area contributed by atoms with Crippen molar-refractivity contribution in [1.29, 1.82) is 0 Å². The number of carbonyl (C=O) groups excluding carboxylic acids is 1. The van der Waals surface area contributed by atoms with Gasteiger partial charge < -0.3 is 15.0 Å². The molecule has 0 spiro atoms. The number of hydrogen-bond donors (Lipinski definition) is 1. The molecule has 1 N–H and O–H groups in total. The van der Waals surface area contributed by atoms with Gasteiger partial charge in [0.2, 0.25) is 0 Å². The van der Waals surface area contributed by atoms with Crippen molar-refractivity contribution in [2.75, 3.05) is 46.9 Å². The Labute approximate surface area is 124 Å². The van der Waals surface area contributed by atoms with Crippen LogP contribution in [0.1, 0.15) is 11.6 Å². The highest BCUT2D eigenvalue weighted by Gasteiger charge is 2.28. The first-order valence-electron chi connectivity index (χ1n) is 7.09. The van der Waals surface area contributed by atoms with Crippen molar-refractivity contribution in [2.45, 2.75) is 6.04 Å². The number of nitrogens with one attached hydrogen (secondary N) is 1. The quantitative estimate of drug-likeness (QED) is 0.856. The minimum Gasteiger partial charge on any atom is -0.383 e. The third kappa shape index (κ3) is 4.15. The zero-order valence-corrected chi connectivity index (χ0v) is 12.5. The van der Waals surface area contributed by atoms with E-state index in [1.165, 1.54) is 12.1 Å². The molecule has 0 bridgehead atoms. The van der Waals surface area contributed by atoms with E-state index in [4.69, 9.17) is 4.74 Å². The fourth-order valence-corrected chi connectivity index (χ4v) is 2.47. The van der Waals surface area contributed by atoms with Gasteiger partial charge in [0.15, 0.2) is 0 Å². The standard InChI is InChI=1S/C15H22FN3O2/c1-18-8-9-19(15(20)17-7-10-21-2)11-14(18)12-3-5-13(16)6-4-12/h3-6,14H,7-11H2,1-2H3,(H,17,20). The molecular weight excluding hydrogens is 273 g/mol. The van der Waals surface area contributed by atoms with E-state index < -0.39 is 0 Å². The molecule has 0 radical (unpaired) electrons. The lowest BCUT2D eigenvalue weighted by molar-refractivity contribution is 0.108. The van der Waals surface area contributed by atoms with Gasteiger partial charge in [-0.3, -0.25) is 4.90 Å². The smallest absolute Gasteiger partial charge is 0.317 e. The first kappa shape index (κ1) is 15.7. The van der Waals surface area contributed by atoms with Crippen molar-refractivity contribution in [3.63, 3.8) is 0 Å². The van der Waals surface area contributed by atoms with Crippen LogP contribution in [-0.2, 0) is 4.74 Å². The Hall–Kier alpha value is -1.66. The lowest BCUT2D eigenvalue weighted by atomic mass is 10.0. The number of benzene rings is 1. The molecule has 1 fully saturated rings. The Balaban J connectivity index is 1.98. The average Bonchev–Trinajstić information content (AvgIpc) is 2.49. The molecule has 2 amide bonds. The van der Waals surface area contributed by atoms with Crippen molar-refractivity contribution in [1.82, 2.24) is 15.1 Å². The maximum absolute atomic E-state index is 13.0. The normalized spacial score (nSPS) is 19.6. The number of piperazine rings is 1. The van der Waals surface area contributed by atoms with Gasteiger partial charge in [-0.2, -0.15) is 0 Å². The fraction of sp³-hybridized carbons (Fsp3) is 0.533. The number of ether oxygens (including phenoxy) is 1. The zero-order valence-electron chi connectivity index (χ0n) is 12.5. The van der Waals surface area contributed by atoms with Crippen molar-refractivity contribution in [3.05, 3.63) is 35.6 Å². The Morgan fingerprint density at radius 2 is 2.10 bits per heavy atom. The minimum atomic E-state index is -0.244. The SMILES string of the molecule is COCCNC(=O)N1CCN(C)C(c2ccc(F)cc2)C1. The van der Waals surface area contributed by atoms with Crippen LogP contribution < -0.4 is 5.32 Å². The second-order valence-electron chi connectivity index (χ2n) is 5.22. The first-order chi connectivity index (χ1) is 10.1. The molecule has 0 saturated carbocycles. The van der Waals surface area contributed by atoms with Crippen LogP contribution in [0.2, 0.25) is 0 Å². The lowest BCUT2D eigenvalue weighted by Crippen LogP contribution is -2.52. The number of amides is 2. The molecule has 0 aliphatic carbocycles. The van der Waals surface area contributed by atoms with E-state index in [1.54, 1.807) is 24.1 Å². The molecule has 1 saturated heterocycles. The summed E-state index contributed by atoms with van der Waals surface area (Å²) >= 11 is 0. The summed E-state index contributed by atoms with van der Waals surface area (Å²) in [6, 6.07) is 6.49. The van der Waals surface area contributed by atoms with E-state index in [0.717, 1.165) is 12.1 Å². The van der Waals surface area contributed by atoms with E-state index >= 15 is 0 Å². The molecule has 2 rings (SSSR count). The highest BCUT2D eigenvalue weighted by atomic mass is 19.1. The molecule has 1 aromatic carbocycles. The van der Waals surface area contributed by atoms with Crippen molar-refractivity contribution >= 4 is 6.03 Å². The number of hydrogen-bond acceptors (Lipinski definition) is 3. The Morgan fingerprint density at radius 1 is 1.38 bits per heavy atom. The van der Waals surface area contributed by atoms with E-state index in [2.05, 4.69) is 10.2 Å². The number of likely N-dealkylation sites (N-methyl/N-ethyl adjacent to an activating group) is 1. The second kappa shape index (κ2) is 7.38. The van der Waals surface area contributed by atoms with Gasteiger partial charge in [0.1, 0.15) is 5.82 Å². The largest absolute Gasteiger partial charge is 0.383 e. The van der Waals surface area contributed by atoms with E-state index in [0.29, 0.717) is 26.2 Å². The number of carbonyl (C=O) groups is 1. The van der Waals surface area contributed by atoms with Crippen LogP contribution in [-0.4, -0.2) is 62.8 Å². The monoisotopic (exact) mass is 295 g/mol. The van der Waals surface area contributed by atoms with Crippen molar-refractivity contribution in [2.24, 2.45) is 0 Å². The summed E-state index contributed by atoms with van der Waals surface area (Å²) in [5.74, 6) is -0.244. The van der Waals surface area contributed by atoms with Gasteiger partial charge in [-0.15, -0.1) is 0 Å². The van der Waals surface area contributed by atoms with Crippen LogP contribution in [0, 0.1) is 5.82 Å². The third-order valence-corrected chi connectivity index (χ3v) is 3.77. The maximum Gasteiger partial charge on any atom is 0.317 e. The van der Waals surface area contributed by atoms with Crippen LogP contribution in [0.4, 0.5) is 9.18 Å². The average molecular weight is 295 g/mol. The Bertz CT molecular complexity index is 466. The van der Waals surface area contributed by atoms with Gasteiger partial charge in [0.05, 0.1) is 12.6 Å². The highest BCUT2D eigenvalue weighted by molar-refractivity contribution is 5.74. The number of rotatable bonds is 4. The predicted octanol–water partition coefficient (Wildman–Crippen LogP) is 1.47. The van der Waals surface area contributed by atoms with Crippen LogP contribution in [0.15, 0.2) is 24.3 Å². The third-order valence-electron chi connectivity index (χ3n) is 3.77. The van der Waals surface area contributed by atoms with Gasteiger partial charge in [-0.05, 0) is 24.7 Å². The maximum atomic E-state index is 13.0. The van der Waals surface area contributed by atoms with Crippen LogP contribution in [0.3, 0.4) is 0 Å².